The van der Waals surface area contributed by atoms with Crippen molar-refractivity contribution in [3.05, 3.63) is 83.9 Å². The van der Waals surface area contributed by atoms with Crippen molar-refractivity contribution in [2.45, 2.75) is 13.8 Å². The van der Waals surface area contributed by atoms with Gasteiger partial charge in [-0.25, -0.2) is 0 Å². The molecule has 120 valence electrons. The third kappa shape index (κ3) is 4.25. The fourth-order valence-electron chi connectivity index (χ4n) is 2.46. The first-order chi connectivity index (χ1) is 10.6. The Balaban J connectivity index is 0.00000144. The van der Waals surface area contributed by atoms with E-state index in [1.54, 1.807) is 0 Å². The van der Waals surface area contributed by atoms with Gasteiger partial charge in [-0.15, -0.1) is 0 Å². The molecular weight excluding hydrogens is 297 g/mol. The van der Waals surface area contributed by atoms with E-state index in [1.807, 2.05) is 12.1 Å². The van der Waals surface area contributed by atoms with E-state index < -0.39 is 0 Å². The molecule has 24 heavy (non-hydrogen) atoms. The topological polar surface area (TPSA) is 63.2 Å². The molecule has 0 bridgehead atoms. The van der Waals surface area contributed by atoms with E-state index in [-0.39, 0.29) is 11.0 Å². The average molecular weight is 317 g/mol. The summed E-state index contributed by atoms with van der Waals surface area (Å²) in [7, 11) is 5.83. The maximum atomic E-state index is 5.83. The fraction of sp³-hybridized carbons (Fsp3) is 0.100. The van der Waals surface area contributed by atoms with Crippen molar-refractivity contribution in [2.24, 2.45) is 0 Å². The molecule has 3 aromatic rings. The first kappa shape index (κ1) is 19.5. The van der Waals surface area contributed by atoms with E-state index >= 15 is 0 Å². The van der Waals surface area contributed by atoms with Gasteiger partial charge in [0.2, 0.25) is 0 Å². The minimum absolute atomic E-state index is 0. The van der Waals surface area contributed by atoms with E-state index in [0.29, 0.717) is 0 Å². The molecular formula is C20H20BNO2. The van der Waals surface area contributed by atoms with Crippen LogP contribution in [0, 0.1) is 13.8 Å². The van der Waals surface area contributed by atoms with Gasteiger partial charge in [-0.3, -0.25) is 0 Å². The monoisotopic (exact) mass is 317 g/mol. The van der Waals surface area contributed by atoms with Crippen LogP contribution in [0.15, 0.2) is 72.8 Å². The molecule has 0 aliphatic rings. The van der Waals surface area contributed by atoms with E-state index in [4.69, 9.17) is 7.85 Å². The van der Waals surface area contributed by atoms with Gasteiger partial charge < -0.3 is 11.0 Å². The molecule has 4 heteroatoms. The van der Waals surface area contributed by atoms with Crippen molar-refractivity contribution in [1.82, 2.24) is 0 Å². The summed E-state index contributed by atoms with van der Waals surface area (Å²) in [5, 5.41) is 0. The Hall–Kier alpha value is -2.56. The van der Waals surface area contributed by atoms with Crippen molar-refractivity contribution < 1.29 is 11.0 Å². The molecule has 0 atom stereocenters. The van der Waals surface area contributed by atoms with Gasteiger partial charge in [-0.1, -0.05) is 0 Å². The third-order valence-corrected chi connectivity index (χ3v) is 3.74. The number of hydrogen-bond acceptors (Lipinski definition) is 3. The molecule has 0 saturated carbocycles. The standard InChI is InChI=1S/C20H18BN.2H2O/c1-15-3-9-18(10-4-15)22(19-11-5-16(2)6-12-19)20-13-7-17(21)8-14-20;;/h3-14H,1-2H3;2*1H2/q+2;;/p-2. The molecule has 3 rings (SSSR count). The Labute approximate surface area is 144 Å². The van der Waals surface area contributed by atoms with Gasteiger partial charge in [-0.2, -0.15) is 0 Å². The van der Waals surface area contributed by atoms with Crippen molar-refractivity contribution in [1.29, 1.82) is 0 Å². The molecule has 0 unspecified atom stereocenters. The predicted octanol–water partition coefficient (Wildman–Crippen LogP) is 4.21. The molecule has 0 aromatic heterocycles. The summed E-state index contributed by atoms with van der Waals surface area (Å²) in [4.78, 5) is 2.23. The quantitative estimate of drug-likeness (QED) is 0.680. The SMILES string of the molecule is [B+2]c1ccc(N(c2ccc(C)cc2)c2ccc(C)cc2)cc1.[OH-].[OH-]. The summed E-state index contributed by atoms with van der Waals surface area (Å²) in [6.45, 7) is 4.20. The van der Waals surface area contributed by atoms with Crippen LogP contribution >= 0.6 is 0 Å². The van der Waals surface area contributed by atoms with Crippen LogP contribution in [0.3, 0.4) is 0 Å². The second-order valence-electron chi connectivity index (χ2n) is 5.60. The smallest absolute Gasteiger partial charge is 0.870 e. The molecule has 0 radical (unpaired) electrons. The first-order valence-electron chi connectivity index (χ1n) is 7.42. The molecule has 0 aliphatic carbocycles. The Bertz CT molecular complexity index is 645. The van der Waals surface area contributed by atoms with Gasteiger partial charge >= 0.3 is 133 Å². The summed E-state index contributed by atoms with van der Waals surface area (Å²) in [6, 6.07) is 25.1. The van der Waals surface area contributed by atoms with Crippen LogP contribution in [0.1, 0.15) is 11.1 Å². The van der Waals surface area contributed by atoms with Crippen molar-refractivity contribution in [3.8, 4) is 0 Å². The van der Waals surface area contributed by atoms with Crippen molar-refractivity contribution in [3.63, 3.8) is 0 Å². The van der Waals surface area contributed by atoms with E-state index in [1.165, 1.54) is 11.1 Å². The minimum atomic E-state index is 0. The normalized spacial score (nSPS) is 9.67. The third-order valence-electron chi connectivity index (χ3n) is 3.74. The largest absolute Gasteiger partial charge is 0.870 e. The van der Waals surface area contributed by atoms with Crippen molar-refractivity contribution >= 4 is 30.4 Å². The fourth-order valence-corrected chi connectivity index (χ4v) is 2.46. The molecule has 0 heterocycles. The zero-order chi connectivity index (χ0) is 15.5. The van der Waals surface area contributed by atoms with Crippen LogP contribution in [-0.4, -0.2) is 18.8 Å². The summed E-state index contributed by atoms with van der Waals surface area (Å²) in [6.07, 6.45) is 0. The molecule has 3 aromatic carbocycles. The molecule has 0 aliphatic heterocycles. The summed E-state index contributed by atoms with van der Waals surface area (Å²) in [5.41, 5.74) is 6.66. The number of aryl methyl sites for hydroxylation is 2. The Morgan fingerprint density at radius 2 is 0.833 bits per heavy atom. The van der Waals surface area contributed by atoms with Gasteiger partial charge in [0, 0.05) is 0 Å². The Morgan fingerprint density at radius 3 is 1.17 bits per heavy atom. The van der Waals surface area contributed by atoms with Gasteiger partial charge in [0.25, 0.3) is 0 Å². The predicted molar refractivity (Wildman–Crippen MR) is 99.9 cm³/mol. The molecule has 0 amide bonds. The molecule has 2 N–H and O–H groups in total. The van der Waals surface area contributed by atoms with Crippen molar-refractivity contribution in [2.75, 3.05) is 4.90 Å². The second kappa shape index (κ2) is 8.34. The first-order valence-corrected chi connectivity index (χ1v) is 7.42. The van der Waals surface area contributed by atoms with E-state index in [2.05, 4.69) is 79.4 Å². The zero-order valence-corrected chi connectivity index (χ0v) is 13.8. The van der Waals surface area contributed by atoms with Gasteiger partial charge in [-0.05, 0) is 0 Å². The van der Waals surface area contributed by atoms with Crippen LogP contribution < -0.4 is 10.4 Å². The number of benzene rings is 3. The number of nitrogens with zero attached hydrogens (tertiary/aromatic N) is 1. The summed E-state index contributed by atoms with van der Waals surface area (Å²) >= 11 is 0. The number of anilines is 3. The maximum Gasteiger partial charge on any atom is -0.870 e. The zero-order valence-electron chi connectivity index (χ0n) is 13.8. The van der Waals surface area contributed by atoms with Crippen LogP contribution in [0.4, 0.5) is 17.1 Å². The Kier molecular flexibility index (Phi) is 6.77. The van der Waals surface area contributed by atoms with Gasteiger partial charge in [0.05, 0.1) is 0 Å². The molecule has 3 nitrogen and oxygen atoms in total. The summed E-state index contributed by atoms with van der Waals surface area (Å²) in [5.74, 6) is 0. The van der Waals surface area contributed by atoms with Crippen LogP contribution in [-0.2, 0) is 0 Å². The van der Waals surface area contributed by atoms with Gasteiger partial charge in [0.15, 0.2) is 0 Å². The van der Waals surface area contributed by atoms with Crippen LogP contribution in [0.2, 0.25) is 0 Å². The molecule has 0 fully saturated rings. The molecule has 0 saturated heterocycles. The van der Waals surface area contributed by atoms with E-state index in [9.17, 15) is 0 Å². The minimum Gasteiger partial charge on any atom is -0.870 e. The van der Waals surface area contributed by atoms with Crippen LogP contribution in [0.5, 0.6) is 0 Å². The van der Waals surface area contributed by atoms with Gasteiger partial charge in [0.1, 0.15) is 0 Å². The number of rotatable bonds is 3. The van der Waals surface area contributed by atoms with Crippen LogP contribution in [0.25, 0.3) is 0 Å². The Morgan fingerprint density at radius 1 is 0.542 bits per heavy atom. The maximum absolute atomic E-state index is 5.83. The van der Waals surface area contributed by atoms with E-state index in [0.717, 1.165) is 22.5 Å². The summed E-state index contributed by atoms with van der Waals surface area (Å²) < 4.78 is 0. The number of hydrogen-bond donors (Lipinski definition) is 0. The average Bonchev–Trinajstić information content (AvgIpc) is 2.53. The second-order valence-corrected chi connectivity index (χ2v) is 5.60. The molecule has 0 spiro atoms.